The zero-order valence-corrected chi connectivity index (χ0v) is 9.48. The van der Waals surface area contributed by atoms with E-state index >= 15 is 0 Å². The summed E-state index contributed by atoms with van der Waals surface area (Å²) in [6, 6.07) is 3.96. The standard InChI is InChI=1S/C12H17FO3/c1-3-10(15)7-16-12-6-9(13)4-5-11(12)8(2)14/h4-6,8,10,14-15H,3,7H2,1-2H3. The highest BCUT2D eigenvalue weighted by Gasteiger charge is 2.11. The largest absolute Gasteiger partial charge is 0.490 e. The maximum absolute atomic E-state index is 13.0. The summed E-state index contributed by atoms with van der Waals surface area (Å²) in [5.74, 6) is -0.145. The van der Waals surface area contributed by atoms with Crippen molar-refractivity contribution in [3.8, 4) is 5.75 Å². The van der Waals surface area contributed by atoms with Crippen molar-refractivity contribution >= 4 is 0 Å². The van der Waals surface area contributed by atoms with Gasteiger partial charge in [-0.1, -0.05) is 6.92 Å². The number of aliphatic hydroxyl groups is 2. The first kappa shape index (κ1) is 12.9. The molecule has 0 saturated carbocycles. The van der Waals surface area contributed by atoms with Crippen LogP contribution in [0.2, 0.25) is 0 Å². The van der Waals surface area contributed by atoms with Crippen LogP contribution in [-0.4, -0.2) is 22.9 Å². The number of hydrogen-bond acceptors (Lipinski definition) is 3. The Kier molecular flexibility index (Phi) is 4.71. The molecule has 0 aromatic heterocycles. The lowest BCUT2D eigenvalue weighted by molar-refractivity contribution is 0.101. The molecule has 1 aromatic carbocycles. The van der Waals surface area contributed by atoms with Gasteiger partial charge >= 0.3 is 0 Å². The first-order valence-electron chi connectivity index (χ1n) is 5.33. The van der Waals surface area contributed by atoms with Crippen LogP contribution in [0, 0.1) is 5.82 Å². The van der Waals surface area contributed by atoms with Crippen LogP contribution < -0.4 is 4.74 Å². The van der Waals surface area contributed by atoms with Gasteiger partial charge in [0.1, 0.15) is 18.2 Å². The molecule has 0 radical (unpaired) electrons. The van der Waals surface area contributed by atoms with Crippen LogP contribution in [0.25, 0.3) is 0 Å². The molecule has 0 spiro atoms. The molecule has 90 valence electrons. The summed E-state index contributed by atoms with van der Waals surface area (Å²) in [4.78, 5) is 0. The lowest BCUT2D eigenvalue weighted by atomic mass is 10.1. The Balaban J connectivity index is 2.80. The fraction of sp³-hybridized carbons (Fsp3) is 0.500. The average molecular weight is 228 g/mol. The van der Waals surface area contributed by atoms with Crippen molar-refractivity contribution < 1.29 is 19.3 Å². The zero-order chi connectivity index (χ0) is 12.1. The van der Waals surface area contributed by atoms with E-state index in [1.54, 1.807) is 6.92 Å². The minimum Gasteiger partial charge on any atom is -0.490 e. The highest BCUT2D eigenvalue weighted by atomic mass is 19.1. The Morgan fingerprint density at radius 2 is 2.06 bits per heavy atom. The van der Waals surface area contributed by atoms with Crippen LogP contribution in [0.15, 0.2) is 18.2 Å². The van der Waals surface area contributed by atoms with E-state index in [9.17, 15) is 14.6 Å². The monoisotopic (exact) mass is 228 g/mol. The Labute approximate surface area is 94.5 Å². The van der Waals surface area contributed by atoms with Gasteiger partial charge in [-0.2, -0.15) is 0 Å². The number of aliphatic hydroxyl groups excluding tert-OH is 2. The van der Waals surface area contributed by atoms with Gasteiger partial charge in [-0.25, -0.2) is 4.39 Å². The topological polar surface area (TPSA) is 49.7 Å². The lowest BCUT2D eigenvalue weighted by Crippen LogP contribution is -2.17. The predicted octanol–water partition coefficient (Wildman–Crippen LogP) is 2.03. The molecule has 2 N–H and O–H groups in total. The number of ether oxygens (including phenoxy) is 1. The third kappa shape index (κ3) is 3.47. The predicted molar refractivity (Wildman–Crippen MR) is 58.8 cm³/mol. The first-order chi connectivity index (χ1) is 7.54. The van der Waals surface area contributed by atoms with Gasteiger partial charge in [-0.15, -0.1) is 0 Å². The maximum atomic E-state index is 13.0. The van der Waals surface area contributed by atoms with E-state index in [0.717, 1.165) is 0 Å². The number of benzene rings is 1. The maximum Gasteiger partial charge on any atom is 0.128 e. The minimum atomic E-state index is -0.727. The summed E-state index contributed by atoms with van der Waals surface area (Å²) in [6.45, 7) is 3.51. The van der Waals surface area contributed by atoms with Gasteiger partial charge < -0.3 is 14.9 Å². The quantitative estimate of drug-likeness (QED) is 0.810. The molecule has 16 heavy (non-hydrogen) atoms. The van der Waals surface area contributed by atoms with E-state index in [4.69, 9.17) is 4.74 Å². The molecule has 0 aliphatic carbocycles. The Morgan fingerprint density at radius 1 is 1.38 bits per heavy atom. The molecular formula is C12H17FO3. The summed E-state index contributed by atoms with van der Waals surface area (Å²) >= 11 is 0. The molecule has 0 aliphatic rings. The average Bonchev–Trinajstić information content (AvgIpc) is 2.25. The third-order valence-corrected chi connectivity index (χ3v) is 2.33. The van der Waals surface area contributed by atoms with Gasteiger partial charge in [0.2, 0.25) is 0 Å². The van der Waals surface area contributed by atoms with Crippen molar-refractivity contribution in [1.29, 1.82) is 0 Å². The smallest absolute Gasteiger partial charge is 0.128 e. The van der Waals surface area contributed by atoms with Crippen molar-refractivity contribution in [2.24, 2.45) is 0 Å². The summed E-state index contributed by atoms with van der Waals surface area (Å²) in [6.07, 6.45) is -0.737. The number of rotatable bonds is 5. The highest BCUT2D eigenvalue weighted by molar-refractivity contribution is 5.35. The van der Waals surface area contributed by atoms with E-state index in [1.807, 2.05) is 6.92 Å². The minimum absolute atomic E-state index is 0.0969. The summed E-state index contributed by atoms with van der Waals surface area (Å²) in [7, 11) is 0. The van der Waals surface area contributed by atoms with Crippen LogP contribution in [0.4, 0.5) is 4.39 Å². The van der Waals surface area contributed by atoms with Gasteiger partial charge in [0.05, 0.1) is 12.2 Å². The fourth-order valence-corrected chi connectivity index (χ4v) is 1.28. The van der Waals surface area contributed by atoms with Gasteiger partial charge in [-0.3, -0.25) is 0 Å². The van der Waals surface area contributed by atoms with E-state index in [0.29, 0.717) is 12.0 Å². The van der Waals surface area contributed by atoms with E-state index < -0.39 is 18.0 Å². The molecule has 1 aromatic rings. The Morgan fingerprint density at radius 3 is 2.62 bits per heavy atom. The molecule has 0 aliphatic heterocycles. The van der Waals surface area contributed by atoms with Crippen LogP contribution >= 0.6 is 0 Å². The summed E-state index contributed by atoms with van der Waals surface area (Å²) < 4.78 is 18.3. The van der Waals surface area contributed by atoms with Gasteiger partial charge in [0, 0.05) is 11.6 Å². The van der Waals surface area contributed by atoms with Crippen molar-refractivity contribution in [1.82, 2.24) is 0 Å². The second-order valence-electron chi connectivity index (χ2n) is 3.73. The SMILES string of the molecule is CCC(O)COc1cc(F)ccc1C(C)O. The van der Waals surface area contributed by atoms with Gasteiger partial charge in [0.15, 0.2) is 0 Å². The molecule has 0 saturated heterocycles. The molecule has 4 heteroatoms. The molecule has 2 unspecified atom stereocenters. The molecule has 0 bridgehead atoms. The van der Waals surface area contributed by atoms with E-state index in [-0.39, 0.29) is 12.4 Å². The first-order valence-corrected chi connectivity index (χ1v) is 5.33. The van der Waals surface area contributed by atoms with Crippen LogP contribution in [0.3, 0.4) is 0 Å². The number of halogens is 1. The molecule has 1 rings (SSSR count). The molecule has 0 heterocycles. The molecule has 0 fully saturated rings. The Bertz CT molecular complexity index is 339. The molecular weight excluding hydrogens is 211 g/mol. The Hall–Kier alpha value is -1.13. The highest BCUT2D eigenvalue weighted by Crippen LogP contribution is 2.26. The van der Waals surface area contributed by atoms with Crippen molar-refractivity contribution in [2.75, 3.05) is 6.61 Å². The summed E-state index contributed by atoms with van der Waals surface area (Å²) in [5.41, 5.74) is 0.518. The van der Waals surface area contributed by atoms with Gasteiger partial charge in [0.25, 0.3) is 0 Å². The third-order valence-electron chi connectivity index (χ3n) is 2.33. The normalized spacial score (nSPS) is 14.6. The molecule has 3 nitrogen and oxygen atoms in total. The molecule has 2 atom stereocenters. The van der Waals surface area contributed by atoms with Gasteiger partial charge in [-0.05, 0) is 25.5 Å². The van der Waals surface area contributed by atoms with Crippen LogP contribution in [0.1, 0.15) is 31.9 Å². The lowest BCUT2D eigenvalue weighted by Gasteiger charge is -2.15. The van der Waals surface area contributed by atoms with Crippen LogP contribution in [0.5, 0.6) is 5.75 Å². The fourth-order valence-electron chi connectivity index (χ4n) is 1.28. The van der Waals surface area contributed by atoms with E-state index in [2.05, 4.69) is 0 Å². The molecule has 0 amide bonds. The van der Waals surface area contributed by atoms with Crippen molar-refractivity contribution in [3.63, 3.8) is 0 Å². The summed E-state index contributed by atoms with van der Waals surface area (Å²) in [5, 5.41) is 18.8. The van der Waals surface area contributed by atoms with Crippen molar-refractivity contribution in [3.05, 3.63) is 29.6 Å². The second-order valence-corrected chi connectivity index (χ2v) is 3.73. The number of hydrogen-bond donors (Lipinski definition) is 2. The zero-order valence-electron chi connectivity index (χ0n) is 9.48. The van der Waals surface area contributed by atoms with E-state index in [1.165, 1.54) is 18.2 Å². The van der Waals surface area contributed by atoms with Crippen molar-refractivity contribution in [2.45, 2.75) is 32.5 Å². The second kappa shape index (κ2) is 5.82. The van der Waals surface area contributed by atoms with Crippen LogP contribution in [-0.2, 0) is 0 Å².